The second-order valence-corrected chi connectivity index (χ2v) is 8.41. The van der Waals surface area contributed by atoms with Crippen molar-refractivity contribution in [3.63, 3.8) is 0 Å². The SMILES string of the molecule is CCCOc1ccc(NS(=O)(=O)c2ccc(Br)s2)cc1. The van der Waals surface area contributed by atoms with Crippen LogP contribution in [0.2, 0.25) is 0 Å². The number of benzene rings is 1. The summed E-state index contributed by atoms with van der Waals surface area (Å²) in [7, 11) is -3.52. The molecule has 0 spiro atoms. The fourth-order valence-electron chi connectivity index (χ4n) is 1.49. The summed E-state index contributed by atoms with van der Waals surface area (Å²) in [6.45, 7) is 2.68. The predicted molar refractivity (Wildman–Crippen MR) is 85.1 cm³/mol. The minimum Gasteiger partial charge on any atom is -0.494 e. The summed E-state index contributed by atoms with van der Waals surface area (Å²) in [5, 5.41) is 0. The highest BCUT2D eigenvalue weighted by Gasteiger charge is 2.16. The summed E-state index contributed by atoms with van der Waals surface area (Å²) < 4.78 is 33.3. The number of thiophene rings is 1. The van der Waals surface area contributed by atoms with E-state index < -0.39 is 10.0 Å². The van der Waals surface area contributed by atoms with Crippen molar-refractivity contribution in [1.82, 2.24) is 0 Å². The molecule has 108 valence electrons. The lowest BCUT2D eigenvalue weighted by Gasteiger charge is -2.08. The monoisotopic (exact) mass is 375 g/mol. The van der Waals surface area contributed by atoms with Crippen molar-refractivity contribution >= 4 is 43.0 Å². The van der Waals surface area contributed by atoms with E-state index >= 15 is 0 Å². The van der Waals surface area contributed by atoms with Crippen molar-refractivity contribution in [2.75, 3.05) is 11.3 Å². The third-order valence-corrected chi connectivity index (χ3v) is 5.89. The molecule has 0 fully saturated rings. The number of sulfonamides is 1. The van der Waals surface area contributed by atoms with Crippen LogP contribution in [0.5, 0.6) is 5.75 Å². The Hall–Kier alpha value is -1.05. The number of halogens is 1. The van der Waals surface area contributed by atoms with Gasteiger partial charge in [0, 0.05) is 5.69 Å². The topological polar surface area (TPSA) is 55.4 Å². The minimum absolute atomic E-state index is 0.274. The van der Waals surface area contributed by atoms with Crippen molar-refractivity contribution in [3.8, 4) is 5.75 Å². The third kappa shape index (κ3) is 3.97. The molecule has 2 aromatic rings. The van der Waals surface area contributed by atoms with Crippen molar-refractivity contribution in [3.05, 3.63) is 40.2 Å². The van der Waals surface area contributed by atoms with Gasteiger partial charge in [-0.25, -0.2) is 8.42 Å². The zero-order chi connectivity index (χ0) is 14.6. The normalized spacial score (nSPS) is 11.3. The Balaban J connectivity index is 2.09. The largest absolute Gasteiger partial charge is 0.494 e. The lowest BCUT2D eigenvalue weighted by atomic mass is 10.3. The fourth-order valence-corrected chi connectivity index (χ4v) is 4.56. The first-order chi connectivity index (χ1) is 9.51. The van der Waals surface area contributed by atoms with E-state index in [4.69, 9.17) is 4.74 Å². The quantitative estimate of drug-likeness (QED) is 0.826. The Kier molecular flexibility index (Phi) is 5.06. The van der Waals surface area contributed by atoms with Gasteiger partial charge in [-0.2, -0.15) is 0 Å². The number of ether oxygens (including phenoxy) is 1. The Labute approximate surface area is 131 Å². The maximum atomic E-state index is 12.1. The molecule has 0 unspecified atom stereocenters. The van der Waals surface area contributed by atoms with Crippen LogP contribution < -0.4 is 9.46 Å². The smallest absolute Gasteiger partial charge is 0.271 e. The Morgan fingerprint density at radius 1 is 1.20 bits per heavy atom. The van der Waals surface area contributed by atoms with Crippen LogP contribution in [-0.2, 0) is 10.0 Å². The van der Waals surface area contributed by atoms with Gasteiger partial charge in [0.05, 0.1) is 10.4 Å². The van der Waals surface area contributed by atoms with Gasteiger partial charge in [0.15, 0.2) is 0 Å². The molecule has 0 aliphatic heterocycles. The Bertz CT molecular complexity index is 665. The number of nitrogens with one attached hydrogen (secondary N) is 1. The van der Waals surface area contributed by atoms with Crippen molar-refractivity contribution in [1.29, 1.82) is 0 Å². The second kappa shape index (κ2) is 6.60. The highest BCUT2D eigenvalue weighted by atomic mass is 79.9. The van der Waals surface area contributed by atoms with Crippen molar-refractivity contribution < 1.29 is 13.2 Å². The third-order valence-electron chi connectivity index (χ3n) is 2.39. The maximum absolute atomic E-state index is 12.1. The molecule has 2 rings (SSSR count). The van der Waals surface area contributed by atoms with E-state index in [1.54, 1.807) is 36.4 Å². The van der Waals surface area contributed by atoms with Crippen LogP contribution in [-0.4, -0.2) is 15.0 Å². The molecular weight excluding hydrogens is 362 g/mol. The molecule has 0 bridgehead atoms. The number of rotatable bonds is 6. The molecule has 1 heterocycles. The minimum atomic E-state index is -3.52. The molecule has 0 radical (unpaired) electrons. The average molecular weight is 376 g/mol. The number of hydrogen-bond acceptors (Lipinski definition) is 4. The Morgan fingerprint density at radius 2 is 1.90 bits per heavy atom. The molecule has 7 heteroatoms. The van der Waals surface area contributed by atoms with E-state index in [2.05, 4.69) is 20.7 Å². The van der Waals surface area contributed by atoms with E-state index in [-0.39, 0.29) is 4.21 Å². The molecule has 0 saturated heterocycles. The van der Waals surface area contributed by atoms with Gasteiger partial charge in [-0.3, -0.25) is 4.72 Å². The van der Waals surface area contributed by atoms with E-state index in [0.717, 1.165) is 16.0 Å². The molecule has 0 aliphatic rings. The lowest BCUT2D eigenvalue weighted by molar-refractivity contribution is 0.317. The first kappa shape index (κ1) is 15.3. The van der Waals surface area contributed by atoms with Crippen LogP contribution in [0.1, 0.15) is 13.3 Å². The summed E-state index contributed by atoms with van der Waals surface area (Å²) in [6, 6.07) is 10.1. The van der Waals surface area contributed by atoms with Gasteiger partial charge >= 0.3 is 0 Å². The average Bonchev–Trinajstić information content (AvgIpc) is 2.85. The van der Waals surface area contributed by atoms with Gasteiger partial charge in [-0.05, 0) is 58.7 Å². The van der Waals surface area contributed by atoms with E-state index in [1.807, 2.05) is 6.92 Å². The first-order valence-electron chi connectivity index (χ1n) is 6.02. The van der Waals surface area contributed by atoms with Gasteiger partial charge < -0.3 is 4.74 Å². The van der Waals surface area contributed by atoms with E-state index in [9.17, 15) is 8.42 Å². The molecular formula is C13H14BrNO3S2. The summed E-state index contributed by atoms with van der Waals surface area (Å²) in [5.74, 6) is 0.730. The van der Waals surface area contributed by atoms with Gasteiger partial charge in [-0.15, -0.1) is 11.3 Å². The lowest BCUT2D eigenvalue weighted by Crippen LogP contribution is -2.11. The molecule has 1 N–H and O–H groups in total. The number of anilines is 1. The summed E-state index contributed by atoms with van der Waals surface area (Å²) in [4.78, 5) is 0. The van der Waals surface area contributed by atoms with Crippen LogP contribution in [0.3, 0.4) is 0 Å². The second-order valence-electron chi connectivity index (χ2n) is 4.04. The van der Waals surface area contributed by atoms with Crippen molar-refractivity contribution in [2.45, 2.75) is 17.6 Å². The highest BCUT2D eigenvalue weighted by Crippen LogP contribution is 2.28. The summed E-state index contributed by atoms with van der Waals surface area (Å²) in [5.41, 5.74) is 0.512. The van der Waals surface area contributed by atoms with E-state index in [0.29, 0.717) is 12.3 Å². The zero-order valence-electron chi connectivity index (χ0n) is 10.8. The van der Waals surface area contributed by atoms with Gasteiger partial charge in [0.2, 0.25) is 0 Å². The fraction of sp³-hybridized carbons (Fsp3) is 0.231. The highest BCUT2D eigenvalue weighted by molar-refractivity contribution is 9.11. The molecule has 4 nitrogen and oxygen atoms in total. The van der Waals surface area contributed by atoms with Crippen molar-refractivity contribution in [2.24, 2.45) is 0 Å². The number of hydrogen-bond donors (Lipinski definition) is 1. The van der Waals surface area contributed by atoms with Gasteiger partial charge in [0.25, 0.3) is 10.0 Å². The molecule has 20 heavy (non-hydrogen) atoms. The van der Waals surface area contributed by atoms with Gasteiger partial charge in [0.1, 0.15) is 9.96 Å². The molecule has 0 saturated carbocycles. The van der Waals surface area contributed by atoms with Crippen LogP contribution in [0.25, 0.3) is 0 Å². The molecule has 0 amide bonds. The van der Waals surface area contributed by atoms with Crippen LogP contribution in [0.4, 0.5) is 5.69 Å². The molecule has 1 aromatic heterocycles. The van der Waals surface area contributed by atoms with Crippen LogP contribution in [0, 0.1) is 0 Å². The van der Waals surface area contributed by atoms with Crippen LogP contribution >= 0.6 is 27.3 Å². The molecule has 0 atom stereocenters. The first-order valence-corrected chi connectivity index (χ1v) is 9.11. The predicted octanol–water partition coefficient (Wildman–Crippen LogP) is 4.10. The molecule has 0 aliphatic carbocycles. The maximum Gasteiger partial charge on any atom is 0.271 e. The van der Waals surface area contributed by atoms with Crippen LogP contribution in [0.15, 0.2) is 44.4 Å². The summed E-state index contributed by atoms with van der Waals surface area (Å²) >= 11 is 4.42. The standard InChI is InChI=1S/C13H14BrNO3S2/c1-2-9-18-11-5-3-10(4-6-11)15-20(16,17)13-8-7-12(14)19-13/h3-8,15H,2,9H2,1H3. The Morgan fingerprint density at radius 3 is 2.45 bits per heavy atom. The summed E-state index contributed by atoms with van der Waals surface area (Å²) in [6.07, 6.45) is 0.932. The van der Waals surface area contributed by atoms with Gasteiger partial charge in [-0.1, -0.05) is 6.92 Å². The molecule has 1 aromatic carbocycles. The zero-order valence-corrected chi connectivity index (χ0v) is 14.0. The van der Waals surface area contributed by atoms with E-state index in [1.165, 1.54) is 11.3 Å².